The zero-order valence-corrected chi connectivity index (χ0v) is 13.6. The number of para-hydroxylation sites is 1. The van der Waals surface area contributed by atoms with Gasteiger partial charge in [0.25, 0.3) is 11.6 Å². The van der Waals surface area contributed by atoms with E-state index in [4.69, 9.17) is 5.11 Å². The fraction of sp³-hybridized carbons (Fsp3) is 0.0625. The number of amides is 3. The third-order valence-corrected chi connectivity index (χ3v) is 3.67. The van der Waals surface area contributed by atoms with Crippen molar-refractivity contribution < 1.29 is 24.4 Å². The molecule has 11 heteroatoms. The third-order valence-electron chi connectivity index (χ3n) is 3.67. The number of carboxylic acid groups (broad SMARTS) is 1. The summed E-state index contributed by atoms with van der Waals surface area (Å²) in [4.78, 5) is 48.4. The first-order chi connectivity index (χ1) is 12.9. The molecule has 2 aromatic rings. The van der Waals surface area contributed by atoms with Crippen LogP contribution in [0.2, 0.25) is 0 Å². The number of benzene rings is 1. The number of imide groups is 1. The van der Waals surface area contributed by atoms with E-state index in [1.807, 2.05) is 0 Å². The van der Waals surface area contributed by atoms with Crippen molar-refractivity contribution in [1.82, 2.24) is 15.1 Å². The smallest absolute Gasteiger partial charge is 0.356 e. The van der Waals surface area contributed by atoms with Crippen molar-refractivity contribution in [1.29, 1.82) is 0 Å². The first-order valence-corrected chi connectivity index (χ1v) is 7.52. The lowest BCUT2D eigenvalue weighted by Gasteiger charge is -2.29. The molecule has 1 aliphatic heterocycles. The summed E-state index contributed by atoms with van der Waals surface area (Å²) in [7, 11) is 0. The van der Waals surface area contributed by atoms with Gasteiger partial charge < -0.3 is 5.11 Å². The van der Waals surface area contributed by atoms with E-state index in [0.717, 1.165) is 15.9 Å². The Kier molecular flexibility index (Phi) is 4.58. The molecule has 0 spiro atoms. The summed E-state index contributed by atoms with van der Waals surface area (Å²) in [6.45, 7) is -0.0825. The Bertz CT molecular complexity index is 972. The Morgan fingerprint density at radius 1 is 1.15 bits per heavy atom. The number of nitrogens with zero attached hydrogens (tertiary/aromatic N) is 5. The summed E-state index contributed by atoms with van der Waals surface area (Å²) in [5.41, 5.74) is -0.944. The van der Waals surface area contributed by atoms with Gasteiger partial charge in [-0.1, -0.05) is 12.1 Å². The maximum Gasteiger partial charge on any atom is 0.356 e. The summed E-state index contributed by atoms with van der Waals surface area (Å²) in [5.74, 6) is -2.11. The van der Waals surface area contributed by atoms with E-state index in [2.05, 4.69) is 10.2 Å². The average Bonchev–Trinajstić information content (AvgIpc) is 2.67. The molecule has 0 fully saturated rings. The van der Waals surface area contributed by atoms with Crippen molar-refractivity contribution in [3.63, 3.8) is 0 Å². The maximum absolute atomic E-state index is 12.7. The van der Waals surface area contributed by atoms with Crippen LogP contribution in [-0.4, -0.2) is 49.6 Å². The number of aromatic nitrogens is 2. The summed E-state index contributed by atoms with van der Waals surface area (Å²) in [5, 5.41) is 27.1. The van der Waals surface area contributed by atoms with Crippen molar-refractivity contribution in [3.05, 3.63) is 70.0 Å². The number of rotatable bonds is 4. The molecule has 1 aromatic carbocycles. The minimum atomic E-state index is -1.28. The maximum atomic E-state index is 12.7. The number of hydrogen-bond donors (Lipinski definition) is 1. The first kappa shape index (κ1) is 17.7. The zero-order valence-electron chi connectivity index (χ0n) is 13.6. The summed E-state index contributed by atoms with van der Waals surface area (Å²) < 4.78 is 0. The van der Waals surface area contributed by atoms with Gasteiger partial charge >= 0.3 is 12.0 Å². The number of carboxylic acids is 1. The molecular weight excluding hydrogens is 358 g/mol. The van der Waals surface area contributed by atoms with Crippen molar-refractivity contribution in [2.45, 2.75) is 0 Å². The molecule has 0 aliphatic carbocycles. The molecule has 3 amide bonds. The van der Waals surface area contributed by atoms with Gasteiger partial charge in [-0.2, -0.15) is 0 Å². The van der Waals surface area contributed by atoms with Crippen molar-refractivity contribution in [2.24, 2.45) is 0 Å². The van der Waals surface area contributed by atoms with Gasteiger partial charge in [0.05, 0.1) is 11.5 Å². The van der Waals surface area contributed by atoms with Crippen LogP contribution in [0.15, 0.2) is 48.7 Å². The summed E-state index contributed by atoms with van der Waals surface area (Å²) in [6.07, 6.45) is 2.84. The minimum Gasteiger partial charge on any atom is -0.476 e. The second-order valence-corrected chi connectivity index (χ2v) is 5.31. The topological polar surface area (TPSA) is 147 Å². The van der Waals surface area contributed by atoms with Crippen LogP contribution in [0.4, 0.5) is 16.3 Å². The van der Waals surface area contributed by atoms with Crippen LogP contribution in [0.25, 0.3) is 0 Å². The number of carbonyl (C=O) groups is 3. The van der Waals surface area contributed by atoms with Crippen molar-refractivity contribution in [3.8, 4) is 0 Å². The molecule has 0 atom stereocenters. The molecule has 0 radical (unpaired) electrons. The predicted molar refractivity (Wildman–Crippen MR) is 90.1 cm³/mol. The Hall–Kier alpha value is -4.15. The Morgan fingerprint density at radius 3 is 2.52 bits per heavy atom. The lowest BCUT2D eigenvalue weighted by atomic mass is 10.1. The van der Waals surface area contributed by atoms with Gasteiger partial charge in [0.15, 0.2) is 11.5 Å². The standard InChI is InChI=1S/C16H11N5O6/c22-14(10-4-1-2-5-12(10)21(26)27)20-9-3-8-19(16(20)25)13-7-6-11(15(23)24)17-18-13/h1-8H,9H2,(H,23,24). The quantitative estimate of drug-likeness (QED) is 0.632. The largest absolute Gasteiger partial charge is 0.476 e. The van der Waals surface area contributed by atoms with Gasteiger partial charge in [0.2, 0.25) is 0 Å². The van der Waals surface area contributed by atoms with E-state index in [1.54, 1.807) is 0 Å². The van der Waals surface area contributed by atoms with E-state index in [1.165, 1.54) is 42.6 Å². The third kappa shape index (κ3) is 3.33. The molecular formula is C16H11N5O6. The molecule has 1 N–H and O–H groups in total. The van der Waals surface area contributed by atoms with Crippen molar-refractivity contribution >= 4 is 29.4 Å². The van der Waals surface area contributed by atoms with Crippen LogP contribution in [0, 0.1) is 10.1 Å². The van der Waals surface area contributed by atoms with Crippen LogP contribution in [0.1, 0.15) is 20.8 Å². The number of aromatic carboxylic acids is 1. The molecule has 27 heavy (non-hydrogen) atoms. The predicted octanol–water partition coefficient (Wildman–Crippen LogP) is 1.68. The fourth-order valence-electron chi connectivity index (χ4n) is 2.40. The van der Waals surface area contributed by atoms with E-state index in [-0.39, 0.29) is 23.6 Å². The van der Waals surface area contributed by atoms with E-state index >= 15 is 0 Å². The van der Waals surface area contributed by atoms with Crippen molar-refractivity contribution in [2.75, 3.05) is 11.4 Å². The molecule has 0 unspecified atom stereocenters. The summed E-state index contributed by atoms with van der Waals surface area (Å²) >= 11 is 0. The lowest BCUT2D eigenvalue weighted by Crippen LogP contribution is -2.47. The zero-order chi connectivity index (χ0) is 19.6. The molecule has 2 heterocycles. The van der Waals surface area contributed by atoms with Gasteiger partial charge in [-0.05, 0) is 24.3 Å². The molecule has 0 saturated heterocycles. The number of nitro benzene ring substituents is 1. The molecule has 11 nitrogen and oxygen atoms in total. The van der Waals surface area contributed by atoms with Crippen LogP contribution < -0.4 is 4.90 Å². The van der Waals surface area contributed by atoms with E-state index < -0.39 is 28.5 Å². The number of anilines is 1. The molecule has 0 saturated carbocycles. The Morgan fingerprint density at radius 2 is 1.89 bits per heavy atom. The molecule has 0 bridgehead atoms. The molecule has 3 rings (SSSR count). The van der Waals surface area contributed by atoms with Gasteiger partial charge in [0.1, 0.15) is 5.56 Å². The highest BCUT2D eigenvalue weighted by Crippen LogP contribution is 2.23. The fourth-order valence-corrected chi connectivity index (χ4v) is 2.40. The minimum absolute atomic E-state index is 0.00121. The molecule has 136 valence electrons. The number of carbonyl (C=O) groups excluding carboxylic acids is 2. The first-order valence-electron chi connectivity index (χ1n) is 7.52. The molecule has 1 aromatic heterocycles. The SMILES string of the molecule is O=C(O)c1ccc(N2C=CCN(C(=O)c3ccccc3[N+](=O)[O-])C2=O)nn1. The number of nitro groups is 1. The highest BCUT2D eigenvalue weighted by molar-refractivity contribution is 6.11. The van der Waals surface area contributed by atoms with E-state index in [0.29, 0.717) is 0 Å². The van der Waals surface area contributed by atoms with Gasteiger partial charge in [-0.15, -0.1) is 10.2 Å². The van der Waals surface area contributed by atoms with Crippen LogP contribution in [0.3, 0.4) is 0 Å². The second kappa shape index (κ2) is 7.00. The van der Waals surface area contributed by atoms with Crippen LogP contribution in [0.5, 0.6) is 0 Å². The van der Waals surface area contributed by atoms with Gasteiger partial charge in [-0.25, -0.2) is 9.59 Å². The monoisotopic (exact) mass is 369 g/mol. The normalized spacial score (nSPS) is 13.6. The van der Waals surface area contributed by atoms with Crippen LogP contribution in [-0.2, 0) is 0 Å². The second-order valence-electron chi connectivity index (χ2n) is 5.31. The summed E-state index contributed by atoms with van der Waals surface area (Å²) in [6, 6.07) is 6.94. The Labute approximate surface area is 151 Å². The Balaban J connectivity index is 1.90. The highest BCUT2D eigenvalue weighted by Gasteiger charge is 2.33. The number of urea groups is 1. The van der Waals surface area contributed by atoms with E-state index in [9.17, 15) is 24.5 Å². The lowest BCUT2D eigenvalue weighted by molar-refractivity contribution is -0.385. The van der Waals surface area contributed by atoms with Gasteiger partial charge in [-0.3, -0.25) is 24.7 Å². The van der Waals surface area contributed by atoms with Crippen LogP contribution >= 0.6 is 0 Å². The number of hydrogen-bond acceptors (Lipinski definition) is 7. The van der Waals surface area contributed by atoms with Gasteiger partial charge in [0, 0.05) is 12.3 Å². The molecule has 1 aliphatic rings. The average molecular weight is 369 g/mol. The highest BCUT2D eigenvalue weighted by atomic mass is 16.6.